The molecule has 8 nitrogen and oxygen atoms in total. The number of hydrogen-bond donors (Lipinski definition) is 0. The van der Waals surface area contributed by atoms with E-state index in [0.717, 1.165) is 107 Å². The molecule has 0 aliphatic carbocycles. The van der Waals surface area contributed by atoms with Crippen molar-refractivity contribution in [3.8, 4) is 62.7 Å². The molecule has 0 saturated heterocycles. The second-order valence-electron chi connectivity index (χ2n) is 15.8. The van der Waals surface area contributed by atoms with Crippen LogP contribution in [0.25, 0.3) is 61.8 Å². The van der Waals surface area contributed by atoms with Crippen molar-refractivity contribution in [2.75, 3.05) is 9.80 Å². The van der Waals surface area contributed by atoms with E-state index >= 15 is 0 Å². The Morgan fingerprint density at radius 1 is 0.344 bits per heavy atom. The van der Waals surface area contributed by atoms with Crippen LogP contribution >= 0.6 is 0 Å². The molecule has 9 aromatic carbocycles. The highest BCUT2D eigenvalue weighted by Crippen LogP contribution is 2.54. The Bertz CT molecular complexity index is 3490. The highest BCUT2D eigenvalue weighted by molar-refractivity contribution is 5.98. The van der Waals surface area contributed by atoms with E-state index in [1.165, 1.54) is 0 Å². The standard InChI is InChI=1S/C56H35N5O3/c1-2-16-36(17-3-1)61-45-20-6-4-18-43(45)57-55(61)41-34-37(59-46-21-7-12-26-51(46)62-52-27-13-8-22-47(52)59)30-32-39(41)40-33-31-38(35-42(40)56-58-44-19-5-11-25-50(44)64-56)60-48-23-9-14-28-53(48)63-54-29-15-10-24-49(54)60/h1-35H. The number of aromatic nitrogens is 3. The van der Waals surface area contributed by atoms with Crippen LogP contribution in [0.5, 0.6) is 23.0 Å². The Morgan fingerprint density at radius 2 is 0.812 bits per heavy atom. The van der Waals surface area contributed by atoms with Crippen LogP contribution in [0.2, 0.25) is 0 Å². The van der Waals surface area contributed by atoms with Crippen LogP contribution in [0, 0.1) is 0 Å². The zero-order chi connectivity index (χ0) is 42.1. The van der Waals surface area contributed by atoms with Crippen LogP contribution in [0.4, 0.5) is 34.1 Å². The Balaban J connectivity index is 1.10. The molecular formula is C56H35N5O3. The first-order valence-electron chi connectivity index (χ1n) is 21.2. The number of ether oxygens (including phenoxy) is 2. The second kappa shape index (κ2) is 14.4. The van der Waals surface area contributed by atoms with Gasteiger partial charge in [0.25, 0.3) is 0 Å². The molecule has 0 unspecified atom stereocenters. The van der Waals surface area contributed by atoms with Crippen LogP contribution in [0.3, 0.4) is 0 Å². The lowest BCUT2D eigenvalue weighted by Gasteiger charge is -2.33. The van der Waals surface area contributed by atoms with Crippen molar-refractivity contribution in [3.05, 3.63) is 212 Å². The smallest absolute Gasteiger partial charge is 0.228 e. The molecule has 2 aliphatic rings. The van der Waals surface area contributed by atoms with E-state index in [1.54, 1.807) is 0 Å². The zero-order valence-corrected chi connectivity index (χ0v) is 34.2. The van der Waals surface area contributed by atoms with E-state index in [-0.39, 0.29) is 0 Å². The van der Waals surface area contributed by atoms with Gasteiger partial charge in [0.1, 0.15) is 11.3 Å². The maximum absolute atomic E-state index is 6.68. The van der Waals surface area contributed by atoms with Crippen LogP contribution in [0.1, 0.15) is 0 Å². The summed E-state index contributed by atoms with van der Waals surface area (Å²) in [6.07, 6.45) is 0. The van der Waals surface area contributed by atoms with E-state index in [4.69, 9.17) is 23.9 Å². The van der Waals surface area contributed by atoms with Crippen molar-refractivity contribution in [1.82, 2.24) is 14.5 Å². The minimum atomic E-state index is 0.510. The highest BCUT2D eigenvalue weighted by Gasteiger charge is 2.30. The topological polar surface area (TPSA) is 68.8 Å². The number of rotatable bonds is 6. The molecule has 302 valence electrons. The molecule has 0 N–H and O–H groups in total. The van der Waals surface area contributed by atoms with Gasteiger partial charge in [0.2, 0.25) is 5.89 Å². The summed E-state index contributed by atoms with van der Waals surface area (Å²) in [7, 11) is 0. The van der Waals surface area contributed by atoms with Crippen molar-refractivity contribution in [2.24, 2.45) is 0 Å². The summed E-state index contributed by atoms with van der Waals surface area (Å²) in [6, 6.07) is 72.5. The molecule has 0 bridgehead atoms. The molecule has 0 atom stereocenters. The maximum atomic E-state index is 6.68. The van der Waals surface area contributed by atoms with Gasteiger partial charge in [-0.05, 0) is 120 Å². The molecule has 11 aromatic rings. The number of imidazole rings is 1. The highest BCUT2D eigenvalue weighted by atomic mass is 16.5. The molecule has 0 saturated carbocycles. The van der Waals surface area contributed by atoms with Gasteiger partial charge in [-0.1, -0.05) is 103 Å². The summed E-state index contributed by atoms with van der Waals surface area (Å²) in [5, 5.41) is 0. The lowest BCUT2D eigenvalue weighted by atomic mass is 9.93. The molecule has 13 rings (SSSR count). The summed E-state index contributed by atoms with van der Waals surface area (Å²) in [5.74, 6) is 4.42. The normalized spacial score (nSPS) is 12.6. The van der Waals surface area contributed by atoms with Crippen molar-refractivity contribution >= 4 is 56.3 Å². The predicted octanol–water partition coefficient (Wildman–Crippen LogP) is 15.3. The number of fused-ring (bicyclic) bond motifs is 6. The van der Waals surface area contributed by atoms with Crippen molar-refractivity contribution in [3.63, 3.8) is 0 Å². The SMILES string of the molecule is c1ccc(-n2c(-c3cc(N4c5ccccc5Oc5ccccc54)ccc3-c3ccc(N4c5ccccc5Oc5ccccc54)cc3-c3nc4ccccc4o3)nc3ccccc32)cc1. The number of anilines is 6. The van der Waals surface area contributed by atoms with Gasteiger partial charge in [0.05, 0.1) is 33.8 Å². The minimum Gasteiger partial charge on any atom is -0.453 e. The zero-order valence-electron chi connectivity index (χ0n) is 34.2. The fraction of sp³-hybridized carbons (Fsp3) is 0. The first-order valence-corrected chi connectivity index (χ1v) is 21.2. The molecule has 0 amide bonds. The molecule has 0 spiro atoms. The first kappa shape index (κ1) is 35.8. The molecule has 4 heterocycles. The van der Waals surface area contributed by atoms with Gasteiger partial charge < -0.3 is 23.7 Å². The second-order valence-corrected chi connectivity index (χ2v) is 15.8. The van der Waals surface area contributed by atoms with Crippen LogP contribution in [-0.4, -0.2) is 14.5 Å². The largest absolute Gasteiger partial charge is 0.453 e. The number of hydrogen-bond acceptors (Lipinski definition) is 7. The van der Waals surface area contributed by atoms with E-state index in [9.17, 15) is 0 Å². The van der Waals surface area contributed by atoms with Gasteiger partial charge in [-0.25, -0.2) is 9.97 Å². The lowest BCUT2D eigenvalue weighted by Crippen LogP contribution is -2.16. The van der Waals surface area contributed by atoms with E-state index in [0.29, 0.717) is 11.5 Å². The number of oxazole rings is 1. The third-order valence-corrected chi connectivity index (χ3v) is 12.0. The third-order valence-electron chi connectivity index (χ3n) is 12.0. The molecule has 0 fully saturated rings. The summed E-state index contributed by atoms with van der Waals surface area (Å²) >= 11 is 0. The number of nitrogens with zero attached hydrogens (tertiary/aromatic N) is 5. The summed E-state index contributed by atoms with van der Waals surface area (Å²) in [4.78, 5) is 15.1. The van der Waals surface area contributed by atoms with Crippen molar-refractivity contribution in [2.45, 2.75) is 0 Å². The molecule has 8 heteroatoms. The van der Waals surface area contributed by atoms with Crippen LogP contribution in [0.15, 0.2) is 217 Å². The Labute approximate surface area is 368 Å². The van der Waals surface area contributed by atoms with Gasteiger partial charge in [-0.2, -0.15) is 0 Å². The van der Waals surface area contributed by atoms with Gasteiger partial charge in [0.15, 0.2) is 28.6 Å². The van der Waals surface area contributed by atoms with Crippen molar-refractivity contribution in [1.29, 1.82) is 0 Å². The summed E-state index contributed by atoms with van der Waals surface area (Å²) in [5.41, 5.74) is 13.7. The van der Waals surface area contributed by atoms with Gasteiger partial charge in [-0.15, -0.1) is 0 Å². The lowest BCUT2D eigenvalue weighted by molar-refractivity contribution is 0.477. The monoisotopic (exact) mass is 825 g/mol. The molecule has 64 heavy (non-hydrogen) atoms. The van der Waals surface area contributed by atoms with E-state index < -0.39 is 0 Å². The average Bonchev–Trinajstić information content (AvgIpc) is 3.97. The van der Waals surface area contributed by atoms with E-state index in [1.807, 2.05) is 109 Å². The maximum Gasteiger partial charge on any atom is 0.228 e. The Morgan fingerprint density at radius 3 is 1.39 bits per heavy atom. The van der Waals surface area contributed by atoms with E-state index in [2.05, 4.69) is 117 Å². The first-order chi connectivity index (χ1) is 31.7. The third kappa shape index (κ3) is 5.70. The Kier molecular flexibility index (Phi) is 8.04. The van der Waals surface area contributed by atoms with Crippen LogP contribution in [-0.2, 0) is 0 Å². The fourth-order valence-electron chi connectivity index (χ4n) is 9.17. The van der Waals surface area contributed by atoms with Gasteiger partial charge in [0, 0.05) is 28.2 Å². The molecule has 2 aliphatic heterocycles. The molecular weight excluding hydrogens is 791 g/mol. The predicted molar refractivity (Wildman–Crippen MR) is 254 cm³/mol. The summed E-state index contributed by atoms with van der Waals surface area (Å²) < 4.78 is 21.8. The molecule has 2 aromatic heterocycles. The number of para-hydroxylation sites is 13. The number of benzene rings is 9. The fourth-order valence-corrected chi connectivity index (χ4v) is 9.17. The van der Waals surface area contributed by atoms with Gasteiger partial charge in [-0.3, -0.25) is 4.57 Å². The van der Waals surface area contributed by atoms with Crippen molar-refractivity contribution < 1.29 is 13.9 Å². The van der Waals surface area contributed by atoms with Crippen LogP contribution < -0.4 is 19.3 Å². The quantitative estimate of drug-likeness (QED) is 0.165. The van der Waals surface area contributed by atoms with Gasteiger partial charge >= 0.3 is 0 Å². The molecule has 0 radical (unpaired) electrons. The minimum absolute atomic E-state index is 0.510. The Hall–Kier alpha value is -8.88. The average molecular weight is 826 g/mol. The summed E-state index contributed by atoms with van der Waals surface area (Å²) in [6.45, 7) is 0.